The van der Waals surface area contributed by atoms with E-state index in [-0.39, 0.29) is 0 Å². The molecule has 0 aliphatic heterocycles. The van der Waals surface area contributed by atoms with Crippen molar-refractivity contribution in [2.45, 2.75) is 10.9 Å². The summed E-state index contributed by atoms with van der Waals surface area (Å²) >= 11 is 1.52. The Balaban J connectivity index is 2.03. The number of nitrogens with zero attached hydrogens (tertiary/aromatic N) is 2. The van der Waals surface area contributed by atoms with E-state index in [9.17, 15) is 4.79 Å². The number of carbonyl (C=O) groups excluding carboxylic acids is 1. The molecular formula is C10H11N5OS. The molecule has 2 heterocycles. The molecule has 0 aromatic carbocycles. The summed E-state index contributed by atoms with van der Waals surface area (Å²) < 4.78 is 0. The number of imidazole rings is 1. The standard InChI is InChI=1S/C10H11N5OS/c11-15-9(16)8-3-1-2-7(14-8)6-17-10-12-4-5-13-10/h1-5H,6,11H2,(H,12,13)(H,15,16). The van der Waals surface area contributed by atoms with Crippen molar-refractivity contribution in [3.8, 4) is 0 Å². The molecule has 2 rings (SSSR count). The van der Waals surface area contributed by atoms with E-state index in [2.05, 4.69) is 20.4 Å². The highest BCUT2D eigenvalue weighted by atomic mass is 32.2. The second-order valence-corrected chi connectivity index (χ2v) is 4.13. The van der Waals surface area contributed by atoms with E-state index in [1.54, 1.807) is 24.5 Å². The average molecular weight is 249 g/mol. The first-order valence-corrected chi connectivity index (χ1v) is 5.87. The second kappa shape index (κ2) is 5.46. The SMILES string of the molecule is NNC(=O)c1cccc(CSc2ncc[nH]2)n1. The highest BCUT2D eigenvalue weighted by Crippen LogP contribution is 2.17. The molecule has 0 aliphatic rings. The molecule has 0 saturated heterocycles. The molecule has 6 nitrogen and oxygen atoms in total. The van der Waals surface area contributed by atoms with Crippen molar-refractivity contribution >= 4 is 17.7 Å². The number of carbonyl (C=O) groups is 1. The third-order valence-corrected chi connectivity index (χ3v) is 2.94. The first kappa shape index (κ1) is 11.6. The number of thioether (sulfide) groups is 1. The summed E-state index contributed by atoms with van der Waals surface area (Å²) in [4.78, 5) is 22.5. The number of H-pyrrole nitrogens is 1. The summed E-state index contributed by atoms with van der Waals surface area (Å²) in [6.45, 7) is 0. The number of hydrogen-bond donors (Lipinski definition) is 3. The van der Waals surface area contributed by atoms with Crippen LogP contribution in [0, 0.1) is 0 Å². The monoisotopic (exact) mass is 249 g/mol. The number of rotatable bonds is 4. The van der Waals surface area contributed by atoms with Crippen molar-refractivity contribution in [3.63, 3.8) is 0 Å². The van der Waals surface area contributed by atoms with E-state index in [1.165, 1.54) is 11.8 Å². The minimum atomic E-state index is -0.394. The lowest BCUT2D eigenvalue weighted by Crippen LogP contribution is -2.30. The van der Waals surface area contributed by atoms with Crippen molar-refractivity contribution in [2.75, 3.05) is 0 Å². The molecule has 2 aromatic heterocycles. The van der Waals surface area contributed by atoms with Gasteiger partial charge >= 0.3 is 0 Å². The van der Waals surface area contributed by atoms with Crippen LogP contribution in [-0.4, -0.2) is 20.9 Å². The van der Waals surface area contributed by atoms with Gasteiger partial charge in [-0.15, -0.1) is 0 Å². The number of nitrogens with two attached hydrogens (primary N) is 1. The maximum atomic E-state index is 11.3. The van der Waals surface area contributed by atoms with Gasteiger partial charge in [-0.1, -0.05) is 17.8 Å². The molecule has 0 atom stereocenters. The minimum absolute atomic E-state index is 0.310. The molecule has 4 N–H and O–H groups in total. The van der Waals surface area contributed by atoms with Crippen LogP contribution in [0.2, 0.25) is 0 Å². The Kier molecular flexibility index (Phi) is 3.73. The summed E-state index contributed by atoms with van der Waals surface area (Å²) in [6.07, 6.45) is 3.45. The number of nitrogen functional groups attached to an aromatic ring is 1. The number of amides is 1. The fourth-order valence-electron chi connectivity index (χ4n) is 1.23. The fraction of sp³-hybridized carbons (Fsp3) is 0.100. The normalized spacial score (nSPS) is 10.2. The summed E-state index contributed by atoms with van der Waals surface area (Å²) in [6, 6.07) is 5.24. The molecule has 88 valence electrons. The van der Waals surface area contributed by atoms with Gasteiger partial charge in [0.1, 0.15) is 5.69 Å². The average Bonchev–Trinajstić information content (AvgIpc) is 2.89. The van der Waals surface area contributed by atoms with E-state index in [0.29, 0.717) is 11.4 Å². The molecule has 0 saturated carbocycles. The summed E-state index contributed by atoms with van der Waals surface area (Å²) in [5.74, 6) is 5.29. The lowest BCUT2D eigenvalue weighted by atomic mass is 10.3. The van der Waals surface area contributed by atoms with Gasteiger partial charge in [-0.05, 0) is 12.1 Å². The van der Waals surface area contributed by atoms with Gasteiger partial charge in [-0.25, -0.2) is 15.8 Å². The van der Waals surface area contributed by atoms with Gasteiger partial charge in [0.25, 0.3) is 5.91 Å². The Morgan fingerprint density at radius 2 is 2.41 bits per heavy atom. The topological polar surface area (TPSA) is 96.7 Å². The quantitative estimate of drug-likeness (QED) is 0.321. The molecule has 1 amide bonds. The molecule has 17 heavy (non-hydrogen) atoms. The van der Waals surface area contributed by atoms with Crippen LogP contribution in [0.4, 0.5) is 0 Å². The van der Waals surface area contributed by atoms with Crippen molar-refractivity contribution in [1.82, 2.24) is 20.4 Å². The zero-order chi connectivity index (χ0) is 12.1. The third-order valence-electron chi connectivity index (χ3n) is 2.00. The van der Waals surface area contributed by atoms with Gasteiger partial charge in [0.15, 0.2) is 5.16 Å². The number of hydrazine groups is 1. The van der Waals surface area contributed by atoms with Crippen LogP contribution in [0.5, 0.6) is 0 Å². The Morgan fingerprint density at radius 3 is 3.12 bits per heavy atom. The van der Waals surface area contributed by atoms with Gasteiger partial charge in [0.05, 0.1) is 5.69 Å². The van der Waals surface area contributed by atoms with Gasteiger partial charge < -0.3 is 4.98 Å². The third kappa shape index (κ3) is 3.05. The highest BCUT2D eigenvalue weighted by Gasteiger charge is 2.06. The number of pyridine rings is 1. The van der Waals surface area contributed by atoms with E-state index in [1.807, 2.05) is 6.07 Å². The zero-order valence-electron chi connectivity index (χ0n) is 8.88. The fourth-order valence-corrected chi connectivity index (χ4v) is 1.96. The van der Waals surface area contributed by atoms with Gasteiger partial charge in [-0.3, -0.25) is 10.2 Å². The highest BCUT2D eigenvalue weighted by molar-refractivity contribution is 7.98. The maximum absolute atomic E-state index is 11.3. The molecule has 0 unspecified atom stereocenters. The first-order valence-electron chi connectivity index (χ1n) is 4.88. The Morgan fingerprint density at radius 1 is 1.53 bits per heavy atom. The summed E-state index contributed by atoms with van der Waals surface area (Å²) in [7, 11) is 0. The lowest BCUT2D eigenvalue weighted by molar-refractivity contribution is 0.0948. The molecule has 0 fully saturated rings. The molecule has 0 bridgehead atoms. The largest absolute Gasteiger partial charge is 0.340 e. The number of aromatic nitrogens is 3. The first-order chi connectivity index (χ1) is 8.29. The van der Waals surface area contributed by atoms with E-state index >= 15 is 0 Å². The Hall–Kier alpha value is -1.86. The smallest absolute Gasteiger partial charge is 0.283 e. The Labute approximate surface area is 102 Å². The van der Waals surface area contributed by atoms with Crippen molar-refractivity contribution in [2.24, 2.45) is 5.84 Å². The number of aromatic amines is 1. The van der Waals surface area contributed by atoms with Crippen molar-refractivity contribution in [3.05, 3.63) is 42.0 Å². The van der Waals surface area contributed by atoms with Crippen molar-refractivity contribution in [1.29, 1.82) is 0 Å². The number of nitrogens with one attached hydrogen (secondary N) is 2. The predicted octanol–water partition coefficient (Wildman–Crippen LogP) is 0.700. The van der Waals surface area contributed by atoms with Crippen LogP contribution < -0.4 is 11.3 Å². The van der Waals surface area contributed by atoms with Gasteiger partial charge in [0.2, 0.25) is 0 Å². The van der Waals surface area contributed by atoms with Crippen LogP contribution in [0.25, 0.3) is 0 Å². The number of hydrogen-bond acceptors (Lipinski definition) is 5. The molecule has 7 heteroatoms. The maximum Gasteiger partial charge on any atom is 0.283 e. The molecular weight excluding hydrogens is 238 g/mol. The van der Waals surface area contributed by atoms with Gasteiger partial charge in [-0.2, -0.15) is 0 Å². The van der Waals surface area contributed by atoms with Crippen LogP contribution in [0.15, 0.2) is 35.7 Å². The molecule has 0 aliphatic carbocycles. The second-order valence-electron chi connectivity index (χ2n) is 3.17. The van der Waals surface area contributed by atoms with Crippen LogP contribution in [0.1, 0.15) is 16.2 Å². The van der Waals surface area contributed by atoms with Gasteiger partial charge in [0, 0.05) is 18.1 Å². The summed E-state index contributed by atoms with van der Waals surface area (Å²) in [5, 5.41) is 0.820. The van der Waals surface area contributed by atoms with Crippen LogP contribution >= 0.6 is 11.8 Å². The van der Waals surface area contributed by atoms with Crippen LogP contribution in [0.3, 0.4) is 0 Å². The summed E-state index contributed by atoms with van der Waals surface area (Å²) in [5.41, 5.74) is 3.16. The molecule has 2 aromatic rings. The minimum Gasteiger partial charge on any atom is -0.340 e. The lowest BCUT2D eigenvalue weighted by Gasteiger charge is -2.02. The molecule has 0 spiro atoms. The Bertz CT molecular complexity index is 499. The van der Waals surface area contributed by atoms with E-state index in [4.69, 9.17) is 5.84 Å². The van der Waals surface area contributed by atoms with E-state index in [0.717, 1.165) is 10.9 Å². The molecule has 0 radical (unpaired) electrons. The van der Waals surface area contributed by atoms with E-state index < -0.39 is 5.91 Å². The van der Waals surface area contributed by atoms with Crippen LogP contribution in [-0.2, 0) is 5.75 Å². The zero-order valence-corrected chi connectivity index (χ0v) is 9.70. The predicted molar refractivity (Wildman–Crippen MR) is 64.0 cm³/mol. The van der Waals surface area contributed by atoms with Crippen molar-refractivity contribution < 1.29 is 4.79 Å².